The molecule has 27 heavy (non-hydrogen) atoms. The molecule has 7 rings (SSSR count). The minimum atomic E-state index is -0.193. The van der Waals surface area contributed by atoms with Crippen molar-refractivity contribution in [1.29, 1.82) is 0 Å². The lowest BCUT2D eigenvalue weighted by Gasteiger charge is -2.37. The molecule has 5 heteroatoms. The van der Waals surface area contributed by atoms with Crippen LogP contribution in [0.2, 0.25) is 0 Å². The van der Waals surface area contributed by atoms with Gasteiger partial charge in [0.1, 0.15) is 0 Å². The van der Waals surface area contributed by atoms with Crippen molar-refractivity contribution < 1.29 is 9.59 Å². The molecule has 5 aliphatic rings. The number of rotatable bonds is 2. The Labute approximate surface area is 157 Å². The van der Waals surface area contributed by atoms with E-state index in [9.17, 15) is 9.59 Å². The van der Waals surface area contributed by atoms with Gasteiger partial charge in [0, 0.05) is 29.2 Å². The van der Waals surface area contributed by atoms with Gasteiger partial charge in [-0.25, -0.2) is 0 Å². The molecule has 2 aromatic rings. The second-order valence-electron chi connectivity index (χ2n) is 8.46. The number of para-hydroxylation sites is 1. The lowest BCUT2D eigenvalue weighted by atomic mass is 9.63. The van der Waals surface area contributed by atoms with Gasteiger partial charge >= 0.3 is 0 Å². The summed E-state index contributed by atoms with van der Waals surface area (Å²) >= 11 is 0. The predicted octanol–water partition coefficient (Wildman–Crippen LogP) is 2.87. The molecule has 1 aliphatic heterocycles. The number of hydrogen-bond acceptors (Lipinski definition) is 3. The first-order valence-electron chi connectivity index (χ1n) is 9.72. The number of amides is 2. The largest absolute Gasteiger partial charge is 0.347 e. The Morgan fingerprint density at radius 3 is 2.33 bits per heavy atom. The monoisotopic (exact) mass is 359 g/mol. The van der Waals surface area contributed by atoms with E-state index >= 15 is 0 Å². The number of fused-ring (bicyclic) bond motifs is 1. The molecule has 1 aromatic heterocycles. The van der Waals surface area contributed by atoms with Crippen molar-refractivity contribution in [2.45, 2.75) is 13.3 Å². The van der Waals surface area contributed by atoms with Crippen LogP contribution in [0.25, 0.3) is 10.9 Å². The van der Waals surface area contributed by atoms with Gasteiger partial charge in [-0.15, -0.1) is 0 Å². The molecule has 0 spiro atoms. The molecule has 3 fully saturated rings. The molecule has 2 amide bonds. The highest BCUT2D eigenvalue weighted by atomic mass is 16.2. The maximum Gasteiger partial charge on any atom is 0.254 e. The summed E-state index contributed by atoms with van der Waals surface area (Å²) in [6.07, 6.45) is 7.25. The topological polar surface area (TPSA) is 54.7 Å². The predicted molar refractivity (Wildman–Crippen MR) is 102 cm³/mol. The number of carbonyl (C=O) groups is 2. The Morgan fingerprint density at radius 2 is 1.67 bits per heavy atom. The molecule has 136 valence electrons. The summed E-state index contributed by atoms with van der Waals surface area (Å²) < 4.78 is 2.11. The van der Waals surface area contributed by atoms with E-state index in [1.165, 1.54) is 6.42 Å². The Morgan fingerprint density at radius 1 is 1.04 bits per heavy atom. The van der Waals surface area contributed by atoms with Gasteiger partial charge in [-0.1, -0.05) is 30.4 Å². The highest BCUT2D eigenvalue weighted by molar-refractivity contribution is 6.08. The summed E-state index contributed by atoms with van der Waals surface area (Å²) in [4.78, 5) is 26.1. The Hall–Kier alpha value is -2.69. The van der Waals surface area contributed by atoms with Crippen LogP contribution in [0.15, 0.2) is 41.5 Å². The first kappa shape index (κ1) is 15.4. The third kappa shape index (κ3) is 1.82. The molecule has 0 radical (unpaired) electrons. The number of aryl methyl sites for hydroxylation is 1. The fourth-order valence-corrected chi connectivity index (χ4v) is 5.88. The van der Waals surface area contributed by atoms with E-state index in [-0.39, 0.29) is 35.5 Å². The molecule has 2 saturated carbocycles. The number of carbonyl (C=O) groups excluding carboxylic acids is 2. The number of aromatic nitrogens is 1. The van der Waals surface area contributed by atoms with Crippen LogP contribution in [0.5, 0.6) is 0 Å². The molecule has 2 heterocycles. The van der Waals surface area contributed by atoms with Gasteiger partial charge in [-0.05, 0) is 43.1 Å². The molecule has 2 bridgehead atoms. The number of benzene rings is 1. The van der Waals surface area contributed by atoms with Crippen molar-refractivity contribution in [2.24, 2.45) is 47.7 Å². The smallest absolute Gasteiger partial charge is 0.254 e. The molecule has 5 nitrogen and oxygen atoms in total. The summed E-state index contributed by atoms with van der Waals surface area (Å²) in [5.41, 5.74) is 3.15. The Kier molecular flexibility index (Phi) is 2.83. The normalized spacial score (nSPS) is 36.1. The number of imide groups is 1. The van der Waals surface area contributed by atoms with Gasteiger partial charge in [0.2, 0.25) is 0 Å². The van der Waals surface area contributed by atoms with Gasteiger partial charge in [0.05, 0.1) is 18.1 Å². The van der Waals surface area contributed by atoms with Crippen molar-refractivity contribution >= 4 is 28.9 Å². The summed E-state index contributed by atoms with van der Waals surface area (Å²) in [6.45, 7) is 2.03. The van der Waals surface area contributed by atoms with Crippen LogP contribution in [0.3, 0.4) is 0 Å². The highest BCUT2D eigenvalue weighted by Crippen LogP contribution is 2.65. The van der Waals surface area contributed by atoms with E-state index in [0.29, 0.717) is 11.8 Å². The second-order valence-corrected chi connectivity index (χ2v) is 8.46. The van der Waals surface area contributed by atoms with Crippen molar-refractivity contribution in [2.75, 3.05) is 0 Å². The van der Waals surface area contributed by atoms with Gasteiger partial charge in [-0.2, -0.15) is 10.1 Å². The van der Waals surface area contributed by atoms with E-state index < -0.39 is 0 Å². The molecule has 0 unspecified atom stereocenters. The van der Waals surface area contributed by atoms with Crippen molar-refractivity contribution in [3.8, 4) is 0 Å². The molecule has 1 saturated heterocycles. The van der Waals surface area contributed by atoms with E-state index in [2.05, 4.69) is 34.0 Å². The van der Waals surface area contributed by atoms with E-state index in [4.69, 9.17) is 0 Å². The first-order valence-corrected chi connectivity index (χ1v) is 9.72. The average Bonchev–Trinajstić information content (AvgIpc) is 3.43. The molecular formula is C22H21N3O2. The SMILES string of the molecule is Cc1c(/C=N\N2C(=O)[C@@H]3[C@H]4C=C[C@@H]([C@@H]5C[C@H]45)[C@@H]3C2=O)c2ccccc2n1C. The van der Waals surface area contributed by atoms with E-state index in [1.807, 2.05) is 26.1 Å². The number of nitrogens with zero attached hydrogens (tertiary/aromatic N) is 3. The maximum absolute atomic E-state index is 13.0. The summed E-state index contributed by atoms with van der Waals surface area (Å²) in [6, 6.07) is 8.12. The van der Waals surface area contributed by atoms with Crippen molar-refractivity contribution in [3.63, 3.8) is 0 Å². The molecule has 4 aliphatic carbocycles. The third-order valence-corrected chi connectivity index (χ3v) is 7.39. The minimum absolute atomic E-state index is 0.108. The van der Waals surface area contributed by atoms with Crippen LogP contribution in [0.4, 0.5) is 0 Å². The number of hydrogen-bond donors (Lipinski definition) is 0. The lowest BCUT2D eigenvalue weighted by molar-refractivity contribution is -0.140. The van der Waals surface area contributed by atoms with Crippen molar-refractivity contribution in [3.05, 3.63) is 47.7 Å². The molecule has 0 N–H and O–H groups in total. The summed E-state index contributed by atoms with van der Waals surface area (Å²) in [5.74, 6) is 1.10. The van der Waals surface area contributed by atoms with Crippen molar-refractivity contribution in [1.82, 2.24) is 9.58 Å². The maximum atomic E-state index is 13.0. The zero-order valence-electron chi connectivity index (χ0n) is 15.4. The lowest BCUT2D eigenvalue weighted by Crippen LogP contribution is -2.40. The highest BCUT2D eigenvalue weighted by Gasteiger charge is 2.67. The van der Waals surface area contributed by atoms with E-state index in [1.54, 1.807) is 6.21 Å². The average molecular weight is 359 g/mol. The summed E-state index contributed by atoms with van der Waals surface area (Å²) in [5, 5.41) is 6.65. The van der Waals surface area contributed by atoms with Gasteiger partial charge in [0.25, 0.3) is 11.8 Å². The van der Waals surface area contributed by atoms with Crippen LogP contribution < -0.4 is 0 Å². The molecule has 1 aromatic carbocycles. The van der Waals surface area contributed by atoms with Crippen LogP contribution in [-0.4, -0.2) is 27.6 Å². The molecule has 6 atom stereocenters. The van der Waals surface area contributed by atoms with Gasteiger partial charge < -0.3 is 4.57 Å². The van der Waals surface area contributed by atoms with Gasteiger partial charge in [0.15, 0.2) is 0 Å². The van der Waals surface area contributed by atoms with Crippen LogP contribution in [-0.2, 0) is 16.6 Å². The third-order valence-electron chi connectivity index (χ3n) is 7.39. The zero-order chi connectivity index (χ0) is 18.4. The summed E-state index contributed by atoms with van der Waals surface area (Å²) in [7, 11) is 2.02. The Balaban J connectivity index is 1.38. The zero-order valence-corrected chi connectivity index (χ0v) is 15.4. The quantitative estimate of drug-likeness (QED) is 0.470. The molecular weight excluding hydrogens is 338 g/mol. The number of allylic oxidation sites excluding steroid dienone is 2. The standard InChI is InChI=1S/C22H21N3O2/c1-11-17(12-5-3-4-6-18(12)24(11)2)10-23-25-21(26)19-13-7-8-14(16-9-15(13)16)20(19)22(25)27/h3-8,10,13-16,19-20H,9H2,1-2H3/b23-10-/t13-,14-,15-,16+,19-,20+/m0/s1. The van der Waals surface area contributed by atoms with Crippen LogP contribution in [0, 0.1) is 42.4 Å². The number of hydrazone groups is 1. The first-order chi connectivity index (χ1) is 13.1. The van der Waals surface area contributed by atoms with Gasteiger partial charge in [-0.3, -0.25) is 9.59 Å². The Bertz CT molecular complexity index is 1040. The minimum Gasteiger partial charge on any atom is -0.347 e. The van der Waals surface area contributed by atoms with Crippen LogP contribution in [0.1, 0.15) is 17.7 Å². The van der Waals surface area contributed by atoms with Crippen LogP contribution >= 0.6 is 0 Å². The second kappa shape index (κ2) is 4.97. The fraction of sp³-hybridized carbons (Fsp3) is 0.409. The fourth-order valence-electron chi connectivity index (χ4n) is 5.88. The van der Waals surface area contributed by atoms with E-state index in [0.717, 1.165) is 27.2 Å².